The fourth-order valence-electron chi connectivity index (χ4n) is 1.91. The lowest BCUT2D eigenvalue weighted by Crippen LogP contribution is -2.48. The van der Waals surface area contributed by atoms with Crippen molar-refractivity contribution in [1.29, 1.82) is 0 Å². The maximum Gasteiger partial charge on any atom is 0.381 e. The second-order valence-electron chi connectivity index (χ2n) is 4.97. The van der Waals surface area contributed by atoms with Crippen molar-refractivity contribution in [2.75, 3.05) is 26.0 Å². The third kappa shape index (κ3) is 6.35. The minimum absolute atomic E-state index is 0.112. The number of hydrogen-bond donors (Lipinski definition) is 2. The average Bonchev–Trinajstić information content (AvgIpc) is 3.09. The number of hydrazine groups is 2. The minimum Gasteiger partial charge on any atom is -0.481 e. The summed E-state index contributed by atoms with van der Waals surface area (Å²) in [6.07, 6.45) is 3.11. The van der Waals surface area contributed by atoms with Gasteiger partial charge in [0.15, 0.2) is 0 Å². The highest BCUT2D eigenvalue weighted by Gasteiger charge is 2.37. The number of urea groups is 1. The number of ether oxygens (including phenoxy) is 1. The van der Waals surface area contributed by atoms with Gasteiger partial charge in [-0.1, -0.05) is 21.2 Å². The summed E-state index contributed by atoms with van der Waals surface area (Å²) >= 11 is 6.50. The van der Waals surface area contributed by atoms with Crippen LogP contribution in [0.3, 0.4) is 0 Å². The second kappa shape index (κ2) is 9.89. The molecule has 2 aliphatic heterocycles. The zero-order valence-corrected chi connectivity index (χ0v) is 16.8. The highest BCUT2D eigenvalue weighted by molar-refractivity contribution is 8.13. The molecule has 12 nitrogen and oxygen atoms in total. The summed E-state index contributed by atoms with van der Waals surface area (Å²) in [6.45, 7) is 2.17. The Morgan fingerprint density at radius 1 is 1.63 bits per heavy atom. The largest absolute Gasteiger partial charge is 0.481 e. The summed E-state index contributed by atoms with van der Waals surface area (Å²) in [5.74, 6) is 0.849. The molecule has 0 radical (unpaired) electrons. The van der Waals surface area contributed by atoms with Crippen LogP contribution in [0.1, 0.15) is 6.92 Å². The van der Waals surface area contributed by atoms with E-state index in [0.29, 0.717) is 23.9 Å². The van der Waals surface area contributed by atoms with Crippen molar-refractivity contribution >= 4 is 45.1 Å². The summed E-state index contributed by atoms with van der Waals surface area (Å²) < 4.78 is 31.7. The SMILES string of the molecule is COC1=CC(C)=NN(NC(=O)N=NS(=O)(=O)C2SCCN2OCC=CCl)N1. The molecule has 0 saturated carbocycles. The third-order valence-corrected chi connectivity index (χ3v) is 6.28. The number of methoxy groups -OCH3 is 1. The number of allylic oxidation sites excluding steroid dienone is 1. The zero-order valence-electron chi connectivity index (χ0n) is 14.4. The molecular formula is C12H18ClN7O5S2. The fourth-order valence-corrected chi connectivity index (χ4v) is 4.63. The van der Waals surface area contributed by atoms with Gasteiger partial charge in [-0.2, -0.15) is 5.06 Å². The standard InChI is InChI=1S/C12H18ClN7O5S2/c1-9-8-10(24-2)16-20(15-9)17-11(21)14-18-27(22,23)12-19(5-7-26-12)25-6-3-4-13/h3-4,8,12,16H,5-7H2,1-2H3,(H,17,21). The van der Waals surface area contributed by atoms with Gasteiger partial charge >= 0.3 is 6.03 Å². The normalized spacial score (nSPS) is 21.3. The molecule has 0 aliphatic carbocycles. The van der Waals surface area contributed by atoms with Crippen LogP contribution in [0.2, 0.25) is 0 Å². The Balaban J connectivity index is 1.95. The van der Waals surface area contributed by atoms with E-state index in [1.54, 1.807) is 13.0 Å². The highest BCUT2D eigenvalue weighted by Crippen LogP contribution is 2.29. The molecule has 0 aromatic rings. The van der Waals surface area contributed by atoms with Crippen molar-refractivity contribution < 1.29 is 22.8 Å². The van der Waals surface area contributed by atoms with E-state index in [-0.39, 0.29) is 6.61 Å². The first kappa shape index (κ1) is 21.4. The predicted octanol–water partition coefficient (Wildman–Crippen LogP) is 1.09. The van der Waals surface area contributed by atoms with E-state index < -0.39 is 20.8 Å². The van der Waals surface area contributed by atoms with Gasteiger partial charge in [0, 0.05) is 23.9 Å². The van der Waals surface area contributed by atoms with Crippen LogP contribution in [0.15, 0.2) is 38.3 Å². The number of hydroxylamine groups is 2. The first-order valence-corrected chi connectivity index (χ1v) is 10.5. The number of hydrogen-bond acceptors (Lipinski definition) is 10. The number of thioether (sulfide) groups is 1. The molecule has 150 valence electrons. The Kier molecular flexibility index (Phi) is 7.85. The lowest BCUT2D eigenvalue weighted by molar-refractivity contribution is -0.132. The lowest BCUT2D eigenvalue weighted by atomic mass is 10.4. The van der Waals surface area contributed by atoms with Gasteiger partial charge in [0.2, 0.25) is 10.6 Å². The average molecular weight is 440 g/mol. The number of carbonyl (C=O) groups is 1. The smallest absolute Gasteiger partial charge is 0.381 e. The van der Waals surface area contributed by atoms with Crippen LogP contribution in [0.25, 0.3) is 0 Å². The van der Waals surface area contributed by atoms with Crippen LogP contribution in [-0.4, -0.2) is 61.2 Å². The Morgan fingerprint density at radius 2 is 2.41 bits per heavy atom. The van der Waals surface area contributed by atoms with E-state index in [0.717, 1.165) is 17.0 Å². The van der Waals surface area contributed by atoms with Crippen LogP contribution in [-0.2, 0) is 19.6 Å². The van der Waals surface area contributed by atoms with Crippen LogP contribution in [0, 0.1) is 0 Å². The number of sulfonamides is 1. The Hall–Kier alpha value is -1.87. The number of hydrazone groups is 1. The molecule has 0 aromatic carbocycles. The minimum atomic E-state index is -4.11. The zero-order chi connectivity index (χ0) is 19.9. The summed E-state index contributed by atoms with van der Waals surface area (Å²) in [4.78, 5) is 17.2. The van der Waals surface area contributed by atoms with E-state index in [1.807, 2.05) is 0 Å². The molecule has 2 amide bonds. The van der Waals surface area contributed by atoms with Crippen molar-refractivity contribution in [1.82, 2.24) is 21.1 Å². The first-order chi connectivity index (χ1) is 12.9. The van der Waals surface area contributed by atoms with E-state index in [2.05, 4.69) is 25.6 Å². The second-order valence-corrected chi connectivity index (χ2v) is 8.35. The maximum absolute atomic E-state index is 12.3. The molecule has 1 saturated heterocycles. The topological polar surface area (TPSA) is 137 Å². The molecule has 27 heavy (non-hydrogen) atoms. The van der Waals surface area contributed by atoms with Crippen LogP contribution >= 0.6 is 23.4 Å². The number of rotatable bonds is 7. The summed E-state index contributed by atoms with van der Waals surface area (Å²) in [5.41, 5.74) is 6.61. The van der Waals surface area contributed by atoms with E-state index >= 15 is 0 Å². The molecule has 1 unspecified atom stereocenters. The molecule has 2 rings (SSSR count). The van der Waals surface area contributed by atoms with Gasteiger partial charge in [0.1, 0.15) is 0 Å². The van der Waals surface area contributed by atoms with Gasteiger partial charge in [-0.25, -0.2) is 24.1 Å². The number of halogens is 1. The maximum atomic E-state index is 12.3. The van der Waals surface area contributed by atoms with Crippen molar-refractivity contribution in [3.05, 3.63) is 23.6 Å². The van der Waals surface area contributed by atoms with E-state index in [9.17, 15) is 13.2 Å². The quantitative estimate of drug-likeness (QED) is 0.558. The van der Waals surface area contributed by atoms with Crippen molar-refractivity contribution in [2.45, 2.75) is 11.6 Å². The van der Waals surface area contributed by atoms with E-state index in [1.165, 1.54) is 23.8 Å². The first-order valence-electron chi connectivity index (χ1n) is 7.47. The predicted molar refractivity (Wildman–Crippen MR) is 99.4 cm³/mol. The van der Waals surface area contributed by atoms with Gasteiger partial charge in [0.25, 0.3) is 10.0 Å². The Morgan fingerprint density at radius 3 is 3.11 bits per heavy atom. The van der Waals surface area contributed by atoms with Crippen LogP contribution in [0.4, 0.5) is 4.79 Å². The van der Waals surface area contributed by atoms with E-state index in [4.69, 9.17) is 21.2 Å². The van der Waals surface area contributed by atoms with Crippen LogP contribution in [0.5, 0.6) is 0 Å². The van der Waals surface area contributed by atoms with Crippen molar-refractivity contribution in [3.8, 4) is 0 Å². The molecule has 2 N–H and O–H groups in total. The monoisotopic (exact) mass is 439 g/mol. The van der Waals surface area contributed by atoms with Gasteiger partial charge in [-0.15, -0.1) is 22.1 Å². The summed E-state index contributed by atoms with van der Waals surface area (Å²) in [7, 11) is -2.68. The van der Waals surface area contributed by atoms with Crippen molar-refractivity contribution in [2.24, 2.45) is 14.7 Å². The molecule has 2 heterocycles. The molecular weight excluding hydrogens is 422 g/mol. The number of nitrogens with one attached hydrogen (secondary N) is 2. The van der Waals surface area contributed by atoms with Gasteiger partial charge < -0.3 is 4.74 Å². The molecule has 1 atom stereocenters. The number of carbonyl (C=O) groups excluding carboxylic acids is 1. The molecule has 15 heteroatoms. The summed E-state index contributed by atoms with van der Waals surface area (Å²) in [5, 5.41) is 9.32. The lowest BCUT2D eigenvalue weighted by Gasteiger charge is -2.24. The molecule has 0 spiro atoms. The molecule has 0 bridgehead atoms. The number of nitrogens with zero attached hydrogens (tertiary/aromatic N) is 5. The Bertz CT molecular complexity index is 770. The summed E-state index contributed by atoms with van der Waals surface area (Å²) in [6, 6.07) is -1.04. The van der Waals surface area contributed by atoms with Gasteiger partial charge in [0.05, 0.1) is 19.4 Å². The Labute approximate surface area is 165 Å². The molecule has 2 aliphatic rings. The molecule has 1 fully saturated rings. The van der Waals surface area contributed by atoms with Crippen molar-refractivity contribution in [3.63, 3.8) is 0 Å². The number of amides is 2. The van der Waals surface area contributed by atoms with Gasteiger partial charge in [-0.05, 0) is 13.0 Å². The fraction of sp³-hybridized carbons (Fsp3) is 0.500. The van der Waals surface area contributed by atoms with Crippen LogP contribution < -0.4 is 10.9 Å². The third-order valence-electron chi connectivity index (χ3n) is 2.97. The highest BCUT2D eigenvalue weighted by atomic mass is 35.5. The molecule has 0 aromatic heterocycles. The van der Waals surface area contributed by atoms with Gasteiger partial charge in [-0.3, -0.25) is 4.84 Å².